The topological polar surface area (TPSA) is 40.6 Å². The molecule has 4 nitrogen and oxygen atoms in total. The highest BCUT2D eigenvalue weighted by molar-refractivity contribution is 7.10. The molecular weight excluding hydrogens is 404 g/mol. The molecule has 0 unspecified atom stereocenters. The zero-order chi connectivity index (χ0) is 21.0. The van der Waals surface area contributed by atoms with Crippen molar-refractivity contribution in [2.75, 3.05) is 13.1 Å². The van der Waals surface area contributed by atoms with Gasteiger partial charge in [-0.15, -0.1) is 11.3 Å². The molecule has 0 spiro atoms. The van der Waals surface area contributed by atoms with Crippen LogP contribution in [0.5, 0.6) is 0 Å². The van der Waals surface area contributed by atoms with Crippen LogP contribution in [0.2, 0.25) is 5.02 Å². The van der Waals surface area contributed by atoms with Crippen LogP contribution in [0.25, 0.3) is 0 Å². The first-order chi connectivity index (χ1) is 14.0. The van der Waals surface area contributed by atoms with Crippen LogP contribution >= 0.6 is 22.9 Å². The first-order valence-corrected chi connectivity index (χ1v) is 11.6. The van der Waals surface area contributed by atoms with Crippen molar-refractivity contribution in [1.29, 1.82) is 0 Å². The Morgan fingerprint density at radius 1 is 1.24 bits per heavy atom. The van der Waals surface area contributed by atoms with Crippen LogP contribution in [0.3, 0.4) is 0 Å². The lowest BCUT2D eigenvalue weighted by atomic mass is 9.93. The maximum atomic E-state index is 13.4. The second kappa shape index (κ2) is 9.77. The summed E-state index contributed by atoms with van der Waals surface area (Å²) in [5.74, 6) is 0.0676. The Hall–Kier alpha value is -1.85. The van der Waals surface area contributed by atoms with Gasteiger partial charge >= 0.3 is 0 Å². The molecule has 0 radical (unpaired) electrons. The van der Waals surface area contributed by atoms with Crippen molar-refractivity contribution in [2.45, 2.75) is 58.5 Å². The summed E-state index contributed by atoms with van der Waals surface area (Å²) in [6.07, 6.45) is 2.95. The third-order valence-electron chi connectivity index (χ3n) is 5.68. The zero-order valence-corrected chi connectivity index (χ0v) is 18.9. The molecule has 1 aliphatic heterocycles. The van der Waals surface area contributed by atoms with Crippen molar-refractivity contribution in [3.63, 3.8) is 0 Å². The number of halogens is 1. The molecule has 2 amide bonds. The molecule has 0 N–H and O–H groups in total. The summed E-state index contributed by atoms with van der Waals surface area (Å²) in [5, 5.41) is 2.78. The number of hydrogen-bond acceptors (Lipinski definition) is 3. The fourth-order valence-corrected chi connectivity index (χ4v) is 4.92. The Bertz CT molecular complexity index is 849. The summed E-state index contributed by atoms with van der Waals surface area (Å²) in [5.41, 5.74) is 2.24. The number of thiophene rings is 1. The van der Waals surface area contributed by atoms with Crippen molar-refractivity contribution in [2.24, 2.45) is 0 Å². The Labute approximate surface area is 182 Å². The Morgan fingerprint density at radius 3 is 2.62 bits per heavy atom. The van der Waals surface area contributed by atoms with Crippen LogP contribution < -0.4 is 0 Å². The number of carbonyl (C=O) groups excluding carboxylic acids is 2. The molecule has 6 heteroatoms. The highest BCUT2D eigenvalue weighted by Gasteiger charge is 2.34. The molecule has 1 aromatic carbocycles. The van der Waals surface area contributed by atoms with E-state index in [0.29, 0.717) is 18.0 Å². The zero-order valence-electron chi connectivity index (χ0n) is 17.4. The lowest BCUT2D eigenvalue weighted by Gasteiger charge is -2.38. The molecule has 1 aliphatic rings. The smallest absolute Gasteiger partial charge is 0.243 e. The second-order valence-electron chi connectivity index (χ2n) is 7.62. The highest BCUT2D eigenvalue weighted by Crippen LogP contribution is 2.38. The molecule has 0 bridgehead atoms. The monoisotopic (exact) mass is 432 g/mol. The van der Waals surface area contributed by atoms with Gasteiger partial charge in [-0.05, 0) is 60.9 Å². The SMILES string of the molecule is CCCC(=O)N(CC(=O)N1CCc2sccc2[C@@H]1c1ccc(Cl)cc1)[C@@H](C)CC. The molecule has 156 valence electrons. The minimum absolute atomic E-state index is 0.00607. The largest absolute Gasteiger partial charge is 0.331 e. The van der Waals surface area contributed by atoms with E-state index in [4.69, 9.17) is 11.6 Å². The minimum atomic E-state index is -0.130. The second-order valence-corrected chi connectivity index (χ2v) is 9.06. The highest BCUT2D eigenvalue weighted by atomic mass is 35.5. The standard InChI is InChI=1S/C23H29ClN2O2S/c1-4-6-21(27)26(16(3)5-2)15-22(28)25-13-11-20-19(12-14-29-20)23(25)17-7-9-18(24)10-8-17/h7-10,12,14,16,23H,4-6,11,13,15H2,1-3H3/t16-,23-/m0/s1. The van der Waals surface area contributed by atoms with Gasteiger partial charge in [0.15, 0.2) is 0 Å². The molecule has 3 rings (SSSR count). The molecular formula is C23H29ClN2O2S. The molecule has 29 heavy (non-hydrogen) atoms. The van der Waals surface area contributed by atoms with Crippen LogP contribution in [0.15, 0.2) is 35.7 Å². The molecule has 0 saturated carbocycles. The van der Waals surface area contributed by atoms with Gasteiger partial charge in [0.2, 0.25) is 11.8 Å². The number of nitrogens with zero attached hydrogens (tertiary/aromatic N) is 2. The fraction of sp³-hybridized carbons (Fsp3) is 0.478. The fourth-order valence-electron chi connectivity index (χ4n) is 3.89. The third kappa shape index (κ3) is 4.84. The first kappa shape index (κ1) is 21.8. The van der Waals surface area contributed by atoms with Crippen molar-refractivity contribution in [3.8, 4) is 0 Å². The van der Waals surface area contributed by atoms with E-state index in [1.165, 1.54) is 10.4 Å². The van der Waals surface area contributed by atoms with E-state index in [-0.39, 0.29) is 30.4 Å². The minimum Gasteiger partial charge on any atom is -0.331 e. The van der Waals surface area contributed by atoms with Gasteiger partial charge in [-0.1, -0.05) is 37.6 Å². The number of carbonyl (C=O) groups is 2. The van der Waals surface area contributed by atoms with Crippen molar-refractivity contribution < 1.29 is 9.59 Å². The summed E-state index contributed by atoms with van der Waals surface area (Å²) in [6, 6.07) is 9.77. The third-order valence-corrected chi connectivity index (χ3v) is 6.93. The van der Waals surface area contributed by atoms with Crippen LogP contribution in [0, 0.1) is 0 Å². The Kier molecular flexibility index (Phi) is 7.36. The average Bonchev–Trinajstić information content (AvgIpc) is 3.20. The summed E-state index contributed by atoms with van der Waals surface area (Å²) in [6.45, 7) is 6.86. The van der Waals surface area contributed by atoms with Gasteiger partial charge in [0.25, 0.3) is 0 Å². The van der Waals surface area contributed by atoms with Gasteiger partial charge in [-0.25, -0.2) is 0 Å². The van der Waals surface area contributed by atoms with Crippen LogP contribution in [0.4, 0.5) is 0 Å². The van der Waals surface area contributed by atoms with Crippen LogP contribution in [0.1, 0.15) is 62.1 Å². The molecule has 0 fully saturated rings. The van der Waals surface area contributed by atoms with Gasteiger partial charge in [0.1, 0.15) is 6.54 Å². The van der Waals surface area contributed by atoms with Crippen molar-refractivity contribution >= 4 is 34.8 Å². The van der Waals surface area contributed by atoms with Gasteiger partial charge in [0.05, 0.1) is 6.04 Å². The number of amides is 2. The average molecular weight is 433 g/mol. The van der Waals surface area contributed by atoms with E-state index in [1.807, 2.05) is 43.0 Å². The number of rotatable bonds is 7. The van der Waals surface area contributed by atoms with E-state index >= 15 is 0 Å². The quantitative estimate of drug-likeness (QED) is 0.595. The van der Waals surface area contributed by atoms with E-state index in [2.05, 4.69) is 18.4 Å². The molecule has 2 aromatic rings. The predicted octanol–water partition coefficient (Wildman–Crippen LogP) is 5.30. The number of hydrogen-bond donors (Lipinski definition) is 0. The predicted molar refractivity (Wildman–Crippen MR) is 119 cm³/mol. The molecule has 1 aromatic heterocycles. The van der Waals surface area contributed by atoms with E-state index in [1.54, 1.807) is 16.2 Å². The van der Waals surface area contributed by atoms with E-state index in [9.17, 15) is 9.59 Å². The molecule has 2 heterocycles. The Balaban J connectivity index is 1.89. The first-order valence-electron chi connectivity index (χ1n) is 10.4. The Morgan fingerprint density at radius 2 is 1.97 bits per heavy atom. The van der Waals surface area contributed by atoms with Crippen molar-refractivity contribution in [1.82, 2.24) is 9.80 Å². The lowest BCUT2D eigenvalue weighted by molar-refractivity contribution is -0.143. The van der Waals surface area contributed by atoms with Gasteiger partial charge < -0.3 is 9.80 Å². The van der Waals surface area contributed by atoms with Gasteiger partial charge in [-0.2, -0.15) is 0 Å². The van der Waals surface area contributed by atoms with Crippen LogP contribution in [-0.4, -0.2) is 40.7 Å². The lowest BCUT2D eigenvalue weighted by Crippen LogP contribution is -2.49. The normalized spacial score (nSPS) is 17.0. The summed E-state index contributed by atoms with van der Waals surface area (Å²) in [7, 11) is 0. The maximum absolute atomic E-state index is 13.4. The van der Waals surface area contributed by atoms with Crippen LogP contribution in [-0.2, 0) is 16.0 Å². The number of fused-ring (bicyclic) bond motifs is 1. The summed E-state index contributed by atoms with van der Waals surface area (Å²) < 4.78 is 0. The summed E-state index contributed by atoms with van der Waals surface area (Å²) >= 11 is 7.84. The molecule has 0 aliphatic carbocycles. The van der Waals surface area contributed by atoms with E-state index in [0.717, 1.165) is 24.8 Å². The number of benzene rings is 1. The van der Waals surface area contributed by atoms with Crippen molar-refractivity contribution in [3.05, 3.63) is 56.7 Å². The molecule has 0 saturated heterocycles. The molecule has 2 atom stereocenters. The maximum Gasteiger partial charge on any atom is 0.243 e. The van der Waals surface area contributed by atoms with Gasteiger partial charge in [0, 0.05) is 28.9 Å². The van der Waals surface area contributed by atoms with Gasteiger partial charge in [-0.3, -0.25) is 9.59 Å². The van der Waals surface area contributed by atoms with E-state index < -0.39 is 0 Å². The summed E-state index contributed by atoms with van der Waals surface area (Å²) in [4.78, 5) is 31.1.